The van der Waals surface area contributed by atoms with Gasteiger partial charge in [-0.15, -0.1) is 0 Å². The van der Waals surface area contributed by atoms with Crippen LogP contribution in [0.15, 0.2) is 60.7 Å². The molecule has 0 aliphatic heterocycles. The van der Waals surface area contributed by atoms with Crippen molar-refractivity contribution < 1.29 is 4.79 Å². The molecule has 140 valence electrons. The van der Waals surface area contributed by atoms with E-state index in [9.17, 15) is 4.79 Å². The number of H-pyrrole nitrogens is 1. The van der Waals surface area contributed by atoms with Gasteiger partial charge in [0.15, 0.2) is 0 Å². The van der Waals surface area contributed by atoms with E-state index in [4.69, 9.17) is 11.6 Å². The first-order chi connectivity index (χ1) is 13.5. The molecule has 28 heavy (non-hydrogen) atoms. The molecule has 0 fully saturated rings. The number of halogens is 1. The number of nitrogens with zero attached hydrogens (tertiary/aromatic N) is 1. The van der Waals surface area contributed by atoms with E-state index in [1.165, 1.54) is 11.1 Å². The molecule has 0 saturated heterocycles. The lowest BCUT2D eigenvalue weighted by atomic mass is 10.1. The van der Waals surface area contributed by atoms with Crippen molar-refractivity contribution in [1.29, 1.82) is 0 Å². The van der Waals surface area contributed by atoms with Crippen LogP contribution in [-0.4, -0.2) is 16.0 Å². The summed E-state index contributed by atoms with van der Waals surface area (Å²) in [5.74, 6) is 0.801. The van der Waals surface area contributed by atoms with Gasteiger partial charge in [-0.3, -0.25) is 0 Å². The van der Waals surface area contributed by atoms with E-state index < -0.39 is 0 Å². The first-order valence-electron chi connectivity index (χ1n) is 8.89. The number of hydrogen-bond acceptors (Lipinski definition) is 2. The average molecular weight is 391 g/mol. The summed E-state index contributed by atoms with van der Waals surface area (Å²) in [5.41, 5.74) is 6.68. The molecular formula is C22H19ClN4O. The summed E-state index contributed by atoms with van der Waals surface area (Å²) >= 11 is 5.93. The highest BCUT2D eigenvalue weighted by molar-refractivity contribution is 6.30. The summed E-state index contributed by atoms with van der Waals surface area (Å²) in [5, 5.41) is 6.13. The van der Waals surface area contributed by atoms with Gasteiger partial charge < -0.3 is 15.6 Å². The summed E-state index contributed by atoms with van der Waals surface area (Å²) in [6.07, 6.45) is 0. The third-order valence-electron chi connectivity index (χ3n) is 4.60. The molecule has 4 rings (SSSR count). The van der Waals surface area contributed by atoms with Gasteiger partial charge in [0.05, 0.1) is 11.0 Å². The molecule has 0 aliphatic carbocycles. The van der Waals surface area contributed by atoms with Crippen LogP contribution >= 0.6 is 11.6 Å². The van der Waals surface area contributed by atoms with E-state index in [0.29, 0.717) is 16.4 Å². The number of anilines is 2. The zero-order chi connectivity index (χ0) is 19.7. The Morgan fingerprint density at radius 3 is 2.39 bits per heavy atom. The third kappa shape index (κ3) is 3.85. The Kier molecular flexibility index (Phi) is 4.75. The number of nitrogens with one attached hydrogen (secondary N) is 3. The third-order valence-corrected chi connectivity index (χ3v) is 4.83. The van der Waals surface area contributed by atoms with Gasteiger partial charge in [-0.05, 0) is 79.6 Å². The van der Waals surface area contributed by atoms with Crippen molar-refractivity contribution in [2.45, 2.75) is 13.8 Å². The first kappa shape index (κ1) is 18.1. The quantitative estimate of drug-likeness (QED) is 0.393. The van der Waals surface area contributed by atoms with Crippen LogP contribution in [0.25, 0.3) is 22.4 Å². The second-order valence-corrected chi connectivity index (χ2v) is 7.14. The van der Waals surface area contributed by atoms with E-state index in [-0.39, 0.29) is 6.03 Å². The van der Waals surface area contributed by atoms with Gasteiger partial charge in [0.1, 0.15) is 5.82 Å². The molecule has 0 bridgehead atoms. The Labute approximate surface area is 167 Å². The van der Waals surface area contributed by atoms with Crippen LogP contribution in [-0.2, 0) is 0 Å². The molecule has 6 heteroatoms. The molecule has 0 atom stereocenters. The van der Waals surface area contributed by atoms with Gasteiger partial charge in [-0.1, -0.05) is 17.7 Å². The monoisotopic (exact) mass is 390 g/mol. The van der Waals surface area contributed by atoms with Crippen molar-refractivity contribution in [3.8, 4) is 11.4 Å². The summed E-state index contributed by atoms with van der Waals surface area (Å²) in [4.78, 5) is 20.2. The summed E-state index contributed by atoms with van der Waals surface area (Å²) in [7, 11) is 0. The molecule has 1 heterocycles. The number of aryl methyl sites for hydroxylation is 2. The Morgan fingerprint density at radius 1 is 0.929 bits per heavy atom. The second kappa shape index (κ2) is 7.37. The van der Waals surface area contributed by atoms with Crippen LogP contribution in [0.4, 0.5) is 16.2 Å². The van der Waals surface area contributed by atoms with Crippen LogP contribution in [0.1, 0.15) is 11.1 Å². The highest BCUT2D eigenvalue weighted by atomic mass is 35.5. The largest absolute Gasteiger partial charge is 0.338 e. The molecule has 1 aromatic heterocycles. The number of carbonyl (C=O) groups excluding carboxylic acids is 1. The van der Waals surface area contributed by atoms with Crippen molar-refractivity contribution in [3.05, 3.63) is 76.8 Å². The molecule has 4 aromatic rings. The standard InChI is InChI=1S/C22H19ClN4O/c1-13-10-19-20(11-14(13)2)27-21(26-19)15-6-8-17(9-7-15)24-22(28)25-18-5-3-4-16(23)12-18/h3-12H,1-2H3,(H,26,27)(H2,24,25,28). The molecular weight excluding hydrogens is 372 g/mol. The zero-order valence-corrected chi connectivity index (χ0v) is 16.3. The summed E-state index contributed by atoms with van der Waals surface area (Å²) in [6, 6.07) is 18.4. The lowest BCUT2D eigenvalue weighted by molar-refractivity contribution is 0.262. The molecule has 0 spiro atoms. The van der Waals surface area contributed by atoms with E-state index in [1.807, 2.05) is 24.3 Å². The predicted octanol–water partition coefficient (Wildman–Crippen LogP) is 6.14. The lowest BCUT2D eigenvalue weighted by Gasteiger charge is -2.08. The maximum Gasteiger partial charge on any atom is 0.323 e. The van der Waals surface area contributed by atoms with Crippen molar-refractivity contribution in [1.82, 2.24) is 9.97 Å². The number of aromatic amines is 1. The number of hydrogen-bond donors (Lipinski definition) is 3. The molecule has 3 aromatic carbocycles. The minimum absolute atomic E-state index is 0.329. The zero-order valence-electron chi connectivity index (χ0n) is 15.5. The number of urea groups is 1. The van der Waals surface area contributed by atoms with Crippen molar-refractivity contribution in [3.63, 3.8) is 0 Å². The van der Waals surface area contributed by atoms with E-state index in [0.717, 1.165) is 22.4 Å². The van der Waals surface area contributed by atoms with Crippen LogP contribution in [0, 0.1) is 13.8 Å². The predicted molar refractivity (Wildman–Crippen MR) is 115 cm³/mol. The molecule has 0 unspecified atom stereocenters. The Balaban J connectivity index is 1.48. The van der Waals surface area contributed by atoms with Crippen molar-refractivity contribution in [2.75, 3.05) is 10.6 Å². The molecule has 3 N–H and O–H groups in total. The van der Waals surface area contributed by atoms with Gasteiger partial charge in [0, 0.05) is 22.0 Å². The number of aromatic nitrogens is 2. The van der Waals surface area contributed by atoms with Gasteiger partial charge in [0.2, 0.25) is 0 Å². The van der Waals surface area contributed by atoms with E-state index >= 15 is 0 Å². The molecule has 0 saturated carbocycles. The fraction of sp³-hybridized carbons (Fsp3) is 0.0909. The van der Waals surface area contributed by atoms with Gasteiger partial charge in [-0.2, -0.15) is 0 Å². The van der Waals surface area contributed by atoms with Crippen molar-refractivity contribution >= 4 is 40.0 Å². The normalized spacial score (nSPS) is 10.8. The maximum atomic E-state index is 12.1. The molecule has 2 amide bonds. The Morgan fingerprint density at radius 2 is 1.64 bits per heavy atom. The topological polar surface area (TPSA) is 69.8 Å². The number of amides is 2. The second-order valence-electron chi connectivity index (χ2n) is 6.71. The summed E-state index contributed by atoms with van der Waals surface area (Å²) in [6.45, 7) is 4.17. The number of rotatable bonds is 3. The fourth-order valence-electron chi connectivity index (χ4n) is 2.98. The number of fused-ring (bicyclic) bond motifs is 1. The highest BCUT2D eigenvalue weighted by Gasteiger charge is 2.08. The van der Waals surface area contributed by atoms with Crippen LogP contribution in [0.3, 0.4) is 0 Å². The van der Waals surface area contributed by atoms with Gasteiger partial charge in [-0.25, -0.2) is 9.78 Å². The maximum absolute atomic E-state index is 12.1. The Hall–Kier alpha value is -3.31. The SMILES string of the molecule is Cc1cc2nc(-c3ccc(NC(=O)Nc4cccc(Cl)c4)cc3)[nH]c2cc1C. The van der Waals surface area contributed by atoms with Crippen LogP contribution in [0.5, 0.6) is 0 Å². The van der Waals surface area contributed by atoms with Crippen molar-refractivity contribution in [2.24, 2.45) is 0 Å². The molecule has 5 nitrogen and oxygen atoms in total. The Bertz CT molecular complexity index is 1130. The summed E-state index contributed by atoms with van der Waals surface area (Å²) < 4.78 is 0. The van der Waals surface area contributed by atoms with Crippen LogP contribution < -0.4 is 10.6 Å². The number of carbonyl (C=O) groups is 1. The smallest absolute Gasteiger partial charge is 0.323 e. The van der Waals surface area contributed by atoms with Gasteiger partial charge in [0.25, 0.3) is 0 Å². The average Bonchev–Trinajstić information content (AvgIpc) is 3.05. The molecule has 0 radical (unpaired) electrons. The van der Waals surface area contributed by atoms with Crippen LogP contribution in [0.2, 0.25) is 5.02 Å². The number of imidazole rings is 1. The molecule has 0 aliphatic rings. The lowest BCUT2D eigenvalue weighted by Crippen LogP contribution is -2.19. The minimum Gasteiger partial charge on any atom is -0.338 e. The van der Waals surface area contributed by atoms with E-state index in [1.54, 1.807) is 24.3 Å². The minimum atomic E-state index is -0.329. The first-order valence-corrected chi connectivity index (χ1v) is 9.27. The van der Waals surface area contributed by atoms with E-state index in [2.05, 4.69) is 46.6 Å². The number of benzene rings is 3. The van der Waals surface area contributed by atoms with Gasteiger partial charge >= 0.3 is 6.03 Å². The highest BCUT2D eigenvalue weighted by Crippen LogP contribution is 2.24. The fourth-order valence-corrected chi connectivity index (χ4v) is 3.17.